The fourth-order valence-electron chi connectivity index (χ4n) is 2.21. The first kappa shape index (κ1) is 16.7. The van der Waals surface area contributed by atoms with Crippen molar-refractivity contribution in [2.75, 3.05) is 24.6 Å². The van der Waals surface area contributed by atoms with E-state index < -0.39 is 33.8 Å². The predicted octanol–water partition coefficient (Wildman–Crippen LogP) is 0.172. The van der Waals surface area contributed by atoms with E-state index in [0.717, 1.165) is 0 Å². The lowest BCUT2D eigenvalue weighted by atomic mass is 9.96. The molecule has 0 spiro atoms. The highest BCUT2D eigenvalue weighted by Gasteiger charge is 2.32. The second-order valence-electron chi connectivity index (χ2n) is 5.53. The summed E-state index contributed by atoms with van der Waals surface area (Å²) in [5.41, 5.74) is 0. The molecule has 1 rings (SSSR count). The molecule has 2 unspecified atom stereocenters. The summed E-state index contributed by atoms with van der Waals surface area (Å²) in [6.45, 7) is 5.42. The van der Waals surface area contributed by atoms with E-state index in [4.69, 9.17) is 5.11 Å². The van der Waals surface area contributed by atoms with Crippen molar-refractivity contribution >= 4 is 21.8 Å². The Morgan fingerprint density at radius 1 is 1.40 bits per heavy atom. The van der Waals surface area contributed by atoms with Crippen molar-refractivity contribution in [1.82, 2.24) is 10.2 Å². The van der Waals surface area contributed by atoms with Gasteiger partial charge in [0.25, 0.3) is 0 Å². The molecule has 0 bridgehead atoms. The van der Waals surface area contributed by atoms with Crippen molar-refractivity contribution in [3.63, 3.8) is 0 Å². The first-order chi connectivity index (χ1) is 9.14. The van der Waals surface area contributed by atoms with Gasteiger partial charge in [-0.1, -0.05) is 13.8 Å². The molecular formula is C12H22N2O5S. The fraction of sp³-hybridized carbons (Fsp3) is 0.833. The molecule has 8 heteroatoms. The normalized spacial score (nSPS) is 23.4. The van der Waals surface area contributed by atoms with Crippen molar-refractivity contribution in [2.45, 2.75) is 26.8 Å². The van der Waals surface area contributed by atoms with Crippen LogP contribution in [0.2, 0.25) is 0 Å². The number of carbonyl (C=O) groups is 2. The maximum atomic E-state index is 12.0. The molecule has 2 amide bonds. The summed E-state index contributed by atoms with van der Waals surface area (Å²) in [6.07, 6.45) is 0. The molecule has 20 heavy (non-hydrogen) atoms. The maximum Gasteiger partial charge on any atom is 0.317 e. The SMILES string of the molecule is CC(C)C(CNC(=O)N1CCS(=O)(=O)CC1C)C(=O)O. The van der Waals surface area contributed by atoms with Crippen molar-refractivity contribution in [1.29, 1.82) is 0 Å². The van der Waals surface area contributed by atoms with Gasteiger partial charge in [0, 0.05) is 19.1 Å². The first-order valence-electron chi connectivity index (χ1n) is 6.61. The van der Waals surface area contributed by atoms with Crippen LogP contribution in [0.5, 0.6) is 0 Å². The summed E-state index contributed by atoms with van der Waals surface area (Å²) in [5, 5.41) is 11.6. The number of sulfone groups is 1. The predicted molar refractivity (Wildman–Crippen MR) is 74.2 cm³/mol. The molecule has 0 aromatic rings. The number of carboxylic acid groups (broad SMARTS) is 1. The van der Waals surface area contributed by atoms with Crippen LogP contribution in [-0.4, -0.2) is 61.1 Å². The van der Waals surface area contributed by atoms with Crippen LogP contribution in [0, 0.1) is 11.8 Å². The van der Waals surface area contributed by atoms with Gasteiger partial charge in [0.1, 0.15) is 0 Å². The zero-order valence-corrected chi connectivity index (χ0v) is 12.8. The van der Waals surface area contributed by atoms with Gasteiger partial charge in [0.05, 0.1) is 17.4 Å². The molecule has 116 valence electrons. The number of amides is 2. The van der Waals surface area contributed by atoms with Crippen LogP contribution in [-0.2, 0) is 14.6 Å². The number of aliphatic carboxylic acids is 1. The van der Waals surface area contributed by atoms with Gasteiger partial charge in [-0.15, -0.1) is 0 Å². The van der Waals surface area contributed by atoms with Gasteiger partial charge >= 0.3 is 12.0 Å². The summed E-state index contributed by atoms with van der Waals surface area (Å²) in [7, 11) is -3.07. The number of hydrogen-bond donors (Lipinski definition) is 2. The molecule has 1 aliphatic heterocycles. The van der Waals surface area contributed by atoms with Gasteiger partial charge in [0.15, 0.2) is 9.84 Å². The first-order valence-corrected chi connectivity index (χ1v) is 8.44. The average Bonchev–Trinajstić information content (AvgIpc) is 2.26. The lowest BCUT2D eigenvalue weighted by Gasteiger charge is -2.33. The van der Waals surface area contributed by atoms with E-state index in [-0.39, 0.29) is 30.5 Å². The van der Waals surface area contributed by atoms with E-state index in [1.807, 2.05) is 0 Å². The van der Waals surface area contributed by atoms with Gasteiger partial charge in [-0.3, -0.25) is 4.79 Å². The summed E-state index contributed by atoms with van der Waals surface area (Å²) < 4.78 is 22.9. The molecular weight excluding hydrogens is 284 g/mol. The molecule has 0 radical (unpaired) electrons. The zero-order valence-electron chi connectivity index (χ0n) is 12.0. The van der Waals surface area contributed by atoms with E-state index in [1.165, 1.54) is 4.90 Å². The van der Waals surface area contributed by atoms with Crippen molar-refractivity contribution in [3.8, 4) is 0 Å². The molecule has 0 saturated carbocycles. The number of carbonyl (C=O) groups excluding carboxylic acids is 1. The van der Waals surface area contributed by atoms with Crippen LogP contribution < -0.4 is 5.32 Å². The van der Waals surface area contributed by atoms with E-state index >= 15 is 0 Å². The lowest BCUT2D eigenvalue weighted by molar-refractivity contribution is -0.142. The summed E-state index contributed by atoms with van der Waals surface area (Å²) in [4.78, 5) is 24.5. The maximum absolute atomic E-state index is 12.0. The standard InChI is InChI=1S/C12H22N2O5S/c1-8(2)10(11(15)16)6-13-12(17)14-4-5-20(18,19)7-9(14)3/h8-10H,4-7H2,1-3H3,(H,13,17)(H,15,16). The Hall–Kier alpha value is -1.31. The van der Waals surface area contributed by atoms with Crippen LogP contribution in [0.25, 0.3) is 0 Å². The van der Waals surface area contributed by atoms with E-state index in [1.54, 1.807) is 20.8 Å². The minimum atomic E-state index is -3.07. The smallest absolute Gasteiger partial charge is 0.317 e. The highest BCUT2D eigenvalue weighted by Crippen LogP contribution is 2.13. The molecule has 1 heterocycles. The van der Waals surface area contributed by atoms with E-state index in [0.29, 0.717) is 0 Å². The molecule has 7 nitrogen and oxygen atoms in total. The van der Waals surface area contributed by atoms with Crippen molar-refractivity contribution in [3.05, 3.63) is 0 Å². The van der Waals surface area contributed by atoms with Gasteiger partial charge in [-0.05, 0) is 12.8 Å². The second kappa shape index (κ2) is 6.43. The lowest BCUT2D eigenvalue weighted by Crippen LogP contribution is -2.54. The number of carboxylic acids is 1. The molecule has 0 aliphatic carbocycles. The average molecular weight is 306 g/mol. The van der Waals surface area contributed by atoms with Gasteiger partial charge < -0.3 is 15.3 Å². The topological polar surface area (TPSA) is 104 Å². The Morgan fingerprint density at radius 2 is 2.00 bits per heavy atom. The largest absolute Gasteiger partial charge is 0.481 e. The number of urea groups is 1. The fourth-order valence-corrected chi connectivity index (χ4v) is 3.76. The Labute approximate surface area is 119 Å². The van der Waals surface area contributed by atoms with Gasteiger partial charge in [-0.2, -0.15) is 0 Å². The van der Waals surface area contributed by atoms with Crippen molar-refractivity contribution < 1.29 is 23.1 Å². The van der Waals surface area contributed by atoms with Crippen molar-refractivity contribution in [2.24, 2.45) is 11.8 Å². The molecule has 0 aromatic carbocycles. The molecule has 2 N–H and O–H groups in total. The Kier molecular flexibility index (Phi) is 5.38. The summed E-state index contributed by atoms with van der Waals surface area (Å²) in [5.74, 6) is -1.78. The summed E-state index contributed by atoms with van der Waals surface area (Å²) >= 11 is 0. The van der Waals surface area contributed by atoms with Crippen LogP contribution in [0.3, 0.4) is 0 Å². The highest BCUT2D eigenvalue weighted by molar-refractivity contribution is 7.91. The van der Waals surface area contributed by atoms with Crippen LogP contribution in [0.1, 0.15) is 20.8 Å². The zero-order chi connectivity index (χ0) is 15.5. The molecule has 1 saturated heterocycles. The summed E-state index contributed by atoms with van der Waals surface area (Å²) in [6, 6.07) is -0.796. The van der Waals surface area contributed by atoms with E-state index in [2.05, 4.69) is 5.32 Å². The second-order valence-corrected chi connectivity index (χ2v) is 7.76. The number of nitrogens with one attached hydrogen (secondary N) is 1. The highest BCUT2D eigenvalue weighted by atomic mass is 32.2. The number of rotatable bonds is 4. The molecule has 2 atom stereocenters. The Bertz CT molecular complexity index is 474. The number of hydrogen-bond acceptors (Lipinski definition) is 4. The Morgan fingerprint density at radius 3 is 2.45 bits per heavy atom. The monoisotopic (exact) mass is 306 g/mol. The molecule has 1 fully saturated rings. The van der Waals surface area contributed by atoms with Crippen LogP contribution >= 0.6 is 0 Å². The quantitative estimate of drug-likeness (QED) is 0.770. The van der Waals surface area contributed by atoms with Gasteiger partial charge in [-0.25, -0.2) is 13.2 Å². The molecule has 0 aromatic heterocycles. The van der Waals surface area contributed by atoms with Gasteiger partial charge in [0.2, 0.25) is 0 Å². The molecule has 1 aliphatic rings. The third kappa shape index (κ3) is 4.36. The van der Waals surface area contributed by atoms with E-state index in [9.17, 15) is 18.0 Å². The third-order valence-electron chi connectivity index (χ3n) is 3.53. The minimum Gasteiger partial charge on any atom is -0.481 e. The number of nitrogens with zero attached hydrogens (tertiary/aromatic N) is 1. The Balaban J connectivity index is 2.57. The van der Waals surface area contributed by atoms with Crippen LogP contribution in [0.4, 0.5) is 4.79 Å². The minimum absolute atomic E-state index is 0.0435. The van der Waals surface area contributed by atoms with Crippen LogP contribution in [0.15, 0.2) is 0 Å². The third-order valence-corrected chi connectivity index (χ3v) is 5.32.